The molecule has 2 N–H and O–H groups in total. The third-order valence-electron chi connectivity index (χ3n) is 4.00. The number of H-pyrrole nitrogens is 1. The molecule has 3 aromatic heterocycles. The fraction of sp³-hybridized carbons (Fsp3) is 0.0526. The SMILES string of the molecule is O=C(Nn1c(=S)[nH]c2sc(Cc3ccccc3)cc2c1=O)c1cccnc1. The maximum atomic E-state index is 12.8. The largest absolute Gasteiger partial charge is 0.322 e. The minimum absolute atomic E-state index is 0.137. The predicted molar refractivity (Wildman–Crippen MR) is 108 cm³/mol. The van der Waals surface area contributed by atoms with Crippen molar-refractivity contribution in [2.75, 3.05) is 5.43 Å². The number of benzene rings is 1. The summed E-state index contributed by atoms with van der Waals surface area (Å²) in [7, 11) is 0. The lowest BCUT2D eigenvalue weighted by Gasteiger charge is -2.08. The number of aromatic amines is 1. The molecule has 0 saturated carbocycles. The lowest BCUT2D eigenvalue weighted by Crippen LogP contribution is -2.34. The van der Waals surface area contributed by atoms with Gasteiger partial charge in [0.05, 0.1) is 10.9 Å². The second kappa shape index (κ2) is 7.26. The molecule has 0 aliphatic heterocycles. The number of pyridine rings is 1. The fourth-order valence-corrected chi connectivity index (χ4v) is 4.09. The van der Waals surface area contributed by atoms with Crippen molar-refractivity contribution >= 4 is 39.7 Å². The highest BCUT2D eigenvalue weighted by Crippen LogP contribution is 2.23. The Balaban J connectivity index is 1.69. The average molecular weight is 394 g/mol. The highest BCUT2D eigenvalue weighted by atomic mass is 32.1. The van der Waals surface area contributed by atoms with E-state index < -0.39 is 5.91 Å². The number of carbonyl (C=O) groups excluding carboxylic acids is 1. The number of amides is 1. The van der Waals surface area contributed by atoms with Crippen molar-refractivity contribution in [3.05, 3.63) is 92.1 Å². The van der Waals surface area contributed by atoms with Gasteiger partial charge in [-0.15, -0.1) is 11.3 Å². The van der Waals surface area contributed by atoms with Gasteiger partial charge >= 0.3 is 0 Å². The van der Waals surface area contributed by atoms with Gasteiger partial charge in [0.1, 0.15) is 4.83 Å². The van der Waals surface area contributed by atoms with Crippen molar-refractivity contribution in [3.63, 3.8) is 0 Å². The zero-order valence-corrected chi connectivity index (χ0v) is 15.6. The van der Waals surface area contributed by atoms with Crippen LogP contribution in [0.4, 0.5) is 0 Å². The van der Waals surface area contributed by atoms with Crippen molar-refractivity contribution < 1.29 is 4.79 Å². The number of aromatic nitrogens is 3. The van der Waals surface area contributed by atoms with Gasteiger partial charge in [0.25, 0.3) is 11.5 Å². The molecule has 0 aliphatic rings. The van der Waals surface area contributed by atoms with Crippen LogP contribution in [0.5, 0.6) is 0 Å². The number of hydrogen-bond donors (Lipinski definition) is 2. The van der Waals surface area contributed by atoms with E-state index in [1.165, 1.54) is 17.5 Å². The van der Waals surface area contributed by atoms with E-state index >= 15 is 0 Å². The molecule has 0 spiro atoms. The van der Waals surface area contributed by atoms with E-state index in [0.29, 0.717) is 15.8 Å². The van der Waals surface area contributed by atoms with E-state index in [1.807, 2.05) is 36.4 Å². The van der Waals surface area contributed by atoms with E-state index in [1.54, 1.807) is 18.3 Å². The maximum Gasteiger partial charge on any atom is 0.282 e. The minimum Gasteiger partial charge on any atom is -0.322 e. The van der Waals surface area contributed by atoms with Crippen LogP contribution < -0.4 is 11.0 Å². The van der Waals surface area contributed by atoms with E-state index in [2.05, 4.69) is 15.4 Å². The third-order valence-corrected chi connectivity index (χ3v) is 5.33. The molecule has 0 unspecified atom stereocenters. The van der Waals surface area contributed by atoms with Crippen molar-refractivity contribution in [3.8, 4) is 0 Å². The number of fused-ring (bicyclic) bond motifs is 1. The molecule has 6 nitrogen and oxygen atoms in total. The molecule has 0 fully saturated rings. The molecular weight excluding hydrogens is 380 g/mol. The van der Waals surface area contributed by atoms with Crippen molar-refractivity contribution in [2.24, 2.45) is 0 Å². The van der Waals surface area contributed by atoms with Crippen LogP contribution in [-0.4, -0.2) is 20.6 Å². The molecule has 134 valence electrons. The van der Waals surface area contributed by atoms with E-state index in [0.717, 1.165) is 21.5 Å². The minimum atomic E-state index is -0.455. The average Bonchev–Trinajstić information content (AvgIpc) is 3.09. The summed E-state index contributed by atoms with van der Waals surface area (Å²) in [6.07, 6.45) is 3.72. The Kier molecular flexibility index (Phi) is 4.66. The maximum absolute atomic E-state index is 12.8. The Morgan fingerprint density at radius 1 is 1.22 bits per heavy atom. The van der Waals surface area contributed by atoms with Crippen LogP contribution in [0.3, 0.4) is 0 Å². The summed E-state index contributed by atoms with van der Waals surface area (Å²) in [6.45, 7) is 0. The zero-order chi connectivity index (χ0) is 18.8. The van der Waals surface area contributed by atoms with Gasteiger partial charge in [0, 0.05) is 23.7 Å². The van der Waals surface area contributed by atoms with Gasteiger partial charge in [-0.2, -0.15) is 4.68 Å². The smallest absolute Gasteiger partial charge is 0.282 e. The molecule has 0 atom stereocenters. The Morgan fingerprint density at radius 2 is 2.04 bits per heavy atom. The molecule has 27 heavy (non-hydrogen) atoms. The standard InChI is InChI=1S/C19H14N4O2S2/c24-16(13-7-4-8-20-11-13)22-23-18(25)15-10-14(27-17(15)21-19(23)26)9-12-5-2-1-3-6-12/h1-8,10-11H,9H2,(H,21,26)(H,22,24). The van der Waals surface area contributed by atoms with E-state index in [9.17, 15) is 9.59 Å². The lowest BCUT2D eigenvalue weighted by molar-refractivity contribution is 0.101. The van der Waals surface area contributed by atoms with Gasteiger partial charge in [-0.25, -0.2) is 0 Å². The normalized spacial score (nSPS) is 10.8. The van der Waals surface area contributed by atoms with Crippen LogP contribution in [-0.2, 0) is 6.42 Å². The first-order valence-corrected chi connectivity index (χ1v) is 9.37. The Morgan fingerprint density at radius 3 is 2.78 bits per heavy atom. The lowest BCUT2D eigenvalue weighted by atomic mass is 10.1. The molecule has 1 aromatic carbocycles. The molecule has 0 radical (unpaired) electrons. The topological polar surface area (TPSA) is 79.8 Å². The number of thiophene rings is 1. The van der Waals surface area contributed by atoms with Crippen LogP contribution in [0, 0.1) is 4.77 Å². The van der Waals surface area contributed by atoms with Crippen LogP contribution >= 0.6 is 23.6 Å². The highest BCUT2D eigenvalue weighted by molar-refractivity contribution is 7.71. The first-order valence-electron chi connectivity index (χ1n) is 8.15. The first-order chi connectivity index (χ1) is 13.1. The molecule has 4 aromatic rings. The molecule has 4 rings (SSSR count). The van der Waals surface area contributed by atoms with E-state index in [4.69, 9.17) is 12.2 Å². The summed E-state index contributed by atoms with van der Waals surface area (Å²) in [5, 5.41) is 0.492. The molecular formula is C19H14N4O2S2. The predicted octanol–water partition coefficient (Wildman–Crippen LogP) is 3.49. The van der Waals surface area contributed by atoms with Crippen LogP contribution in [0.2, 0.25) is 0 Å². The monoisotopic (exact) mass is 394 g/mol. The number of nitrogens with zero attached hydrogens (tertiary/aromatic N) is 2. The van der Waals surface area contributed by atoms with Gasteiger partial charge in [-0.3, -0.25) is 20.0 Å². The second-order valence-corrected chi connectivity index (χ2v) is 7.39. The van der Waals surface area contributed by atoms with Crippen molar-refractivity contribution in [1.82, 2.24) is 14.6 Å². The van der Waals surface area contributed by atoms with Gasteiger partial charge in [0.2, 0.25) is 4.77 Å². The summed E-state index contributed by atoms with van der Waals surface area (Å²) >= 11 is 6.74. The van der Waals surface area contributed by atoms with Crippen LogP contribution in [0.25, 0.3) is 10.2 Å². The molecule has 0 saturated heterocycles. The van der Waals surface area contributed by atoms with Gasteiger partial charge in [-0.05, 0) is 36.0 Å². The summed E-state index contributed by atoms with van der Waals surface area (Å²) in [5.41, 5.74) is 3.68. The molecule has 0 bridgehead atoms. The fourth-order valence-electron chi connectivity index (χ4n) is 2.71. The van der Waals surface area contributed by atoms with E-state index in [-0.39, 0.29) is 10.3 Å². The Hall–Kier alpha value is -3.10. The molecule has 3 heterocycles. The summed E-state index contributed by atoms with van der Waals surface area (Å²) < 4.78 is 1.20. The summed E-state index contributed by atoms with van der Waals surface area (Å²) in [4.78, 5) is 33.8. The highest BCUT2D eigenvalue weighted by Gasteiger charge is 2.13. The second-order valence-electron chi connectivity index (χ2n) is 5.87. The summed E-state index contributed by atoms with van der Waals surface area (Å²) in [6, 6.07) is 15.1. The quantitative estimate of drug-likeness (QED) is 0.519. The molecule has 1 amide bonds. The molecule has 0 aliphatic carbocycles. The van der Waals surface area contributed by atoms with Gasteiger partial charge in [-0.1, -0.05) is 30.3 Å². The number of rotatable bonds is 4. The van der Waals surface area contributed by atoms with Gasteiger partial charge in [0.15, 0.2) is 0 Å². The number of hydrogen-bond acceptors (Lipinski definition) is 5. The number of carbonyl (C=O) groups is 1. The third kappa shape index (κ3) is 3.57. The van der Waals surface area contributed by atoms with Crippen molar-refractivity contribution in [2.45, 2.75) is 6.42 Å². The first kappa shape index (κ1) is 17.3. The van der Waals surface area contributed by atoms with Crippen molar-refractivity contribution in [1.29, 1.82) is 0 Å². The summed E-state index contributed by atoms with van der Waals surface area (Å²) in [5.74, 6) is -0.455. The van der Waals surface area contributed by atoms with Gasteiger partial charge < -0.3 is 4.98 Å². The Bertz CT molecular complexity index is 1230. The number of nitrogens with one attached hydrogen (secondary N) is 2. The molecule has 8 heteroatoms. The Labute approximate surface area is 163 Å². The van der Waals surface area contributed by atoms with Crippen LogP contribution in [0.1, 0.15) is 20.8 Å². The zero-order valence-electron chi connectivity index (χ0n) is 14.0. The van der Waals surface area contributed by atoms with Crippen LogP contribution in [0.15, 0.2) is 65.7 Å².